The summed E-state index contributed by atoms with van der Waals surface area (Å²) in [4.78, 5) is 30.4. The molecule has 2 aliphatic rings. The number of fused-ring (bicyclic) bond motifs is 3. The van der Waals surface area contributed by atoms with Crippen molar-refractivity contribution in [1.29, 1.82) is 0 Å². The van der Waals surface area contributed by atoms with E-state index in [2.05, 4.69) is 46.3 Å². The van der Waals surface area contributed by atoms with Gasteiger partial charge >= 0.3 is 0 Å². The summed E-state index contributed by atoms with van der Waals surface area (Å²) in [6.45, 7) is 0. The number of halogens is 1. The maximum atomic E-state index is 14.0. The molecule has 0 N–H and O–H groups in total. The molecule has 0 bridgehead atoms. The van der Waals surface area contributed by atoms with Crippen molar-refractivity contribution < 1.29 is 14.1 Å². The molecule has 1 aliphatic heterocycles. The Hall–Kier alpha value is -4.54. The summed E-state index contributed by atoms with van der Waals surface area (Å²) < 4.78 is 14.7. The molecule has 0 saturated carbocycles. The number of allylic oxidation sites excluding steroid dienone is 1. The molecule has 0 fully saturated rings. The van der Waals surface area contributed by atoms with Gasteiger partial charge in [-0.3, -0.25) is 19.5 Å². The number of nitrogens with zero attached hydrogens (tertiary/aromatic N) is 3. The number of non-ortho nitro benzene ring substituents is 1. The van der Waals surface area contributed by atoms with Crippen LogP contribution in [0.1, 0.15) is 34.9 Å². The Bertz CT molecular complexity index is 2110. The molecule has 1 atom stereocenters. The standard InChI is InChI=1S/C32H22BrN3O5S/c1-40-27-16-21(36(38)39)11-14-24(27)26-15-12-22(41-26)17-28-31(37)35-30(19-6-9-20(33)10-7-19)25-13-8-18-4-2-3-5-23(18)29(25)34-32(35)42-28/h2-7,9-12,14-17,30H,8,13H2,1H3/b28-17+/t30-/m0/s1. The maximum absolute atomic E-state index is 14.0. The predicted molar refractivity (Wildman–Crippen MR) is 164 cm³/mol. The summed E-state index contributed by atoms with van der Waals surface area (Å²) in [6.07, 6.45) is 3.43. The van der Waals surface area contributed by atoms with Crippen LogP contribution in [-0.4, -0.2) is 16.6 Å². The largest absolute Gasteiger partial charge is 0.496 e. The number of furan rings is 1. The second-order valence-corrected chi connectivity index (χ2v) is 11.9. The van der Waals surface area contributed by atoms with E-state index in [0.717, 1.165) is 39.7 Å². The van der Waals surface area contributed by atoms with Crippen LogP contribution in [0.5, 0.6) is 5.75 Å². The number of benzene rings is 3. The van der Waals surface area contributed by atoms with Crippen LogP contribution in [0.25, 0.3) is 23.1 Å². The van der Waals surface area contributed by atoms with Crippen LogP contribution in [0.15, 0.2) is 103 Å². The SMILES string of the molecule is COc1cc([N+](=O)[O-])ccc1-c1ccc(/C=c2/sc3n(c2=O)[C@@H](c2ccc(Br)cc2)C2=C(N=3)c3ccccc3CC2)o1. The third-order valence-corrected chi connectivity index (χ3v) is 9.13. The summed E-state index contributed by atoms with van der Waals surface area (Å²) >= 11 is 4.87. The van der Waals surface area contributed by atoms with E-state index >= 15 is 0 Å². The molecule has 42 heavy (non-hydrogen) atoms. The molecule has 7 rings (SSSR count). The van der Waals surface area contributed by atoms with Gasteiger partial charge in [0.15, 0.2) is 4.80 Å². The minimum Gasteiger partial charge on any atom is -0.496 e. The number of nitro groups is 1. The van der Waals surface area contributed by atoms with Crippen molar-refractivity contribution in [2.45, 2.75) is 18.9 Å². The number of methoxy groups -OCH3 is 1. The van der Waals surface area contributed by atoms with Crippen molar-refractivity contribution in [3.8, 4) is 17.1 Å². The van der Waals surface area contributed by atoms with E-state index in [-0.39, 0.29) is 17.3 Å². The fraction of sp³-hybridized carbons (Fsp3) is 0.125. The van der Waals surface area contributed by atoms with E-state index in [1.54, 1.807) is 28.8 Å². The normalized spacial score (nSPS) is 16.0. The van der Waals surface area contributed by atoms with Crippen LogP contribution < -0.4 is 19.6 Å². The number of nitro benzene ring substituents is 1. The molecule has 208 valence electrons. The topological polar surface area (TPSA) is 99.9 Å². The summed E-state index contributed by atoms with van der Waals surface area (Å²) in [5.74, 6) is 1.27. The van der Waals surface area contributed by atoms with Gasteiger partial charge in [-0.25, -0.2) is 4.99 Å². The van der Waals surface area contributed by atoms with Crippen molar-refractivity contribution >= 4 is 44.7 Å². The van der Waals surface area contributed by atoms with E-state index in [4.69, 9.17) is 14.1 Å². The third kappa shape index (κ3) is 4.43. The molecule has 1 aliphatic carbocycles. The Morgan fingerprint density at radius 1 is 1.07 bits per heavy atom. The number of ether oxygens (including phenoxy) is 1. The first-order chi connectivity index (χ1) is 20.4. The molecule has 0 spiro atoms. The molecule has 0 amide bonds. The van der Waals surface area contributed by atoms with Gasteiger partial charge in [-0.05, 0) is 59.9 Å². The first kappa shape index (κ1) is 26.4. The Morgan fingerprint density at radius 2 is 1.88 bits per heavy atom. The van der Waals surface area contributed by atoms with Gasteiger partial charge in [0.2, 0.25) is 0 Å². The van der Waals surface area contributed by atoms with Gasteiger partial charge in [0.1, 0.15) is 17.3 Å². The molecule has 0 unspecified atom stereocenters. The minimum atomic E-state index is -0.475. The zero-order valence-electron chi connectivity index (χ0n) is 22.2. The zero-order valence-corrected chi connectivity index (χ0v) is 24.6. The van der Waals surface area contributed by atoms with Crippen molar-refractivity contribution in [1.82, 2.24) is 4.57 Å². The molecule has 0 radical (unpaired) electrons. The molecule has 10 heteroatoms. The lowest BCUT2D eigenvalue weighted by atomic mass is 9.83. The van der Waals surface area contributed by atoms with Crippen molar-refractivity contribution in [3.63, 3.8) is 0 Å². The van der Waals surface area contributed by atoms with Gasteiger partial charge in [-0.2, -0.15) is 0 Å². The fourth-order valence-electron chi connectivity index (χ4n) is 5.67. The molecule has 8 nitrogen and oxygen atoms in total. The van der Waals surface area contributed by atoms with Crippen LogP contribution in [0, 0.1) is 10.1 Å². The summed E-state index contributed by atoms with van der Waals surface area (Å²) in [6, 6.07) is 24.1. The number of aryl methyl sites for hydroxylation is 1. The lowest BCUT2D eigenvalue weighted by molar-refractivity contribution is -0.384. The number of rotatable bonds is 5. The highest BCUT2D eigenvalue weighted by Crippen LogP contribution is 2.41. The molecule has 2 aromatic heterocycles. The molecular formula is C32H22BrN3O5S. The average Bonchev–Trinajstić information content (AvgIpc) is 3.60. The second-order valence-electron chi connectivity index (χ2n) is 10.0. The van der Waals surface area contributed by atoms with E-state index in [1.165, 1.54) is 36.1 Å². The van der Waals surface area contributed by atoms with Gasteiger partial charge in [0.05, 0.1) is 39.9 Å². The third-order valence-electron chi connectivity index (χ3n) is 7.62. The number of aromatic nitrogens is 1. The molecule has 5 aromatic rings. The van der Waals surface area contributed by atoms with Crippen LogP contribution >= 0.6 is 27.3 Å². The maximum Gasteiger partial charge on any atom is 0.273 e. The lowest BCUT2D eigenvalue weighted by Crippen LogP contribution is -2.38. The highest BCUT2D eigenvalue weighted by molar-refractivity contribution is 9.10. The molecule has 3 aromatic carbocycles. The minimum absolute atomic E-state index is 0.0749. The second kappa shape index (κ2) is 10.4. The number of hydrogen-bond donors (Lipinski definition) is 0. The van der Waals surface area contributed by atoms with E-state index in [9.17, 15) is 14.9 Å². The highest BCUT2D eigenvalue weighted by atomic mass is 79.9. The Balaban J connectivity index is 1.36. The molecular weight excluding hydrogens is 618 g/mol. The number of thiazole rings is 1. The van der Waals surface area contributed by atoms with Gasteiger partial charge in [0, 0.05) is 22.2 Å². The van der Waals surface area contributed by atoms with Crippen molar-refractivity contribution in [3.05, 3.63) is 141 Å². The highest BCUT2D eigenvalue weighted by Gasteiger charge is 2.32. The van der Waals surface area contributed by atoms with Crippen LogP contribution in [-0.2, 0) is 6.42 Å². The summed E-state index contributed by atoms with van der Waals surface area (Å²) in [5.41, 5.74) is 5.86. The van der Waals surface area contributed by atoms with Gasteiger partial charge in [0.25, 0.3) is 11.2 Å². The lowest BCUT2D eigenvalue weighted by Gasteiger charge is -2.30. The van der Waals surface area contributed by atoms with Gasteiger partial charge in [-0.15, -0.1) is 0 Å². The molecule has 0 saturated heterocycles. The Kier molecular flexibility index (Phi) is 6.52. The van der Waals surface area contributed by atoms with Crippen LogP contribution in [0.3, 0.4) is 0 Å². The van der Waals surface area contributed by atoms with Crippen molar-refractivity contribution in [2.24, 2.45) is 4.99 Å². The predicted octanol–water partition coefficient (Wildman–Crippen LogP) is 6.26. The van der Waals surface area contributed by atoms with Crippen molar-refractivity contribution in [2.75, 3.05) is 7.11 Å². The van der Waals surface area contributed by atoms with E-state index in [1.807, 2.05) is 18.2 Å². The van der Waals surface area contributed by atoms with E-state index in [0.29, 0.717) is 32.2 Å². The first-order valence-corrected chi connectivity index (χ1v) is 14.8. The van der Waals surface area contributed by atoms with Crippen LogP contribution in [0.4, 0.5) is 5.69 Å². The summed E-state index contributed by atoms with van der Waals surface area (Å²) in [5, 5.41) is 11.2. The van der Waals surface area contributed by atoms with Gasteiger partial charge in [-0.1, -0.05) is 63.7 Å². The Morgan fingerprint density at radius 3 is 2.67 bits per heavy atom. The Labute approximate surface area is 251 Å². The first-order valence-electron chi connectivity index (χ1n) is 13.2. The van der Waals surface area contributed by atoms with Crippen LogP contribution in [0.2, 0.25) is 0 Å². The fourth-order valence-corrected chi connectivity index (χ4v) is 6.91. The zero-order chi connectivity index (χ0) is 29.0. The average molecular weight is 641 g/mol. The van der Waals surface area contributed by atoms with E-state index < -0.39 is 4.92 Å². The molecule has 3 heterocycles. The smallest absolute Gasteiger partial charge is 0.273 e. The van der Waals surface area contributed by atoms with Gasteiger partial charge < -0.3 is 9.15 Å². The number of hydrogen-bond acceptors (Lipinski definition) is 7. The quantitative estimate of drug-likeness (QED) is 0.167. The summed E-state index contributed by atoms with van der Waals surface area (Å²) in [7, 11) is 1.45. The monoisotopic (exact) mass is 639 g/mol.